The molecule has 3 aromatic carbocycles. The van der Waals surface area contributed by atoms with Crippen LogP contribution in [-0.2, 0) is 27.4 Å². The number of nitrogens with zero attached hydrogens (tertiary/aromatic N) is 1. The lowest BCUT2D eigenvalue weighted by molar-refractivity contribution is -0.137. The van der Waals surface area contributed by atoms with Crippen LogP contribution in [0.1, 0.15) is 73.0 Å². The van der Waals surface area contributed by atoms with Gasteiger partial charge in [0.2, 0.25) is 6.41 Å². The molecule has 1 fully saturated rings. The van der Waals surface area contributed by atoms with Crippen molar-refractivity contribution in [3.8, 4) is 0 Å². The van der Waals surface area contributed by atoms with Crippen LogP contribution in [0.15, 0.2) is 77.7 Å². The maximum absolute atomic E-state index is 13.0. The van der Waals surface area contributed by atoms with E-state index in [1.54, 1.807) is 55.5 Å². The molecule has 3 aromatic rings. The Morgan fingerprint density at radius 3 is 2.02 bits per heavy atom. The number of amides is 2. The number of carbonyl (C=O) groups excluding carboxylic acids is 2. The summed E-state index contributed by atoms with van der Waals surface area (Å²) in [6.07, 6.45) is -1.48. The van der Waals surface area contributed by atoms with Gasteiger partial charge in [-0.25, -0.2) is 8.42 Å². The van der Waals surface area contributed by atoms with Gasteiger partial charge in [0.15, 0.2) is 9.84 Å². The van der Waals surface area contributed by atoms with Crippen LogP contribution >= 0.6 is 0 Å². The van der Waals surface area contributed by atoms with E-state index in [0.717, 1.165) is 48.2 Å². The quantitative estimate of drug-likeness (QED) is 0.283. The van der Waals surface area contributed by atoms with Crippen LogP contribution in [0, 0.1) is 0 Å². The summed E-state index contributed by atoms with van der Waals surface area (Å²) >= 11 is 0. The Balaban J connectivity index is 0.00000162. The summed E-state index contributed by atoms with van der Waals surface area (Å²) in [4.78, 5) is 24.0. The van der Waals surface area contributed by atoms with E-state index in [0.29, 0.717) is 12.1 Å². The lowest BCUT2D eigenvalue weighted by Crippen LogP contribution is -2.43. The predicted octanol–water partition coefficient (Wildman–Crippen LogP) is 6.08. The average Bonchev–Trinajstić information content (AvgIpc) is 3.40. The van der Waals surface area contributed by atoms with E-state index in [-0.39, 0.29) is 41.0 Å². The second-order valence-electron chi connectivity index (χ2n) is 10.5. The van der Waals surface area contributed by atoms with Crippen LogP contribution in [0.3, 0.4) is 0 Å². The van der Waals surface area contributed by atoms with Gasteiger partial charge in [0, 0.05) is 35.8 Å². The van der Waals surface area contributed by atoms with E-state index in [1.165, 1.54) is 0 Å². The Kier molecular flexibility index (Phi) is 11.0. The molecule has 0 aliphatic carbocycles. The second-order valence-corrected chi connectivity index (χ2v) is 12.8. The lowest BCUT2D eigenvalue weighted by Gasteiger charge is -2.39. The zero-order valence-electron chi connectivity index (χ0n) is 24.5. The summed E-state index contributed by atoms with van der Waals surface area (Å²) in [5, 5.41) is 2.88. The van der Waals surface area contributed by atoms with Gasteiger partial charge in [-0.2, -0.15) is 13.2 Å². The van der Waals surface area contributed by atoms with Gasteiger partial charge < -0.3 is 16.0 Å². The zero-order valence-corrected chi connectivity index (χ0v) is 25.3. The van der Waals surface area contributed by atoms with Gasteiger partial charge in [0.05, 0.1) is 16.2 Å². The van der Waals surface area contributed by atoms with Crippen LogP contribution in [0.25, 0.3) is 0 Å². The Hall–Kier alpha value is -3.86. The molecule has 1 atom stereocenters. The average molecular weight is 618 g/mol. The Bertz CT molecular complexity index is 1470. The van der Waals surface area contributed by atoms with Crippen molar-refractivity contribution >= 4 is 27.8 Å². The van der Waals surface area contributed by atoms with Gasteiger partial charge in [-0.05, 0) is 78.9 Å². The largest absolute Gasteiger partial charge is 0.416 e. The van der Waals surface area contributed by atoms with Gasteiger partial charge in [-0.3, -0.25) is 9.59 Å². The van der Waals surface area contributed by atoms with E-state index in [4.69, 9.17) is 4.79 Å². The molecule has 1 aliphatic rings. The van der Waals surface area contributed by atoms with Crippen molar-refractivity contribution in [3.05, 3.63) is 95.1 Å². The molecule has 3 N–H and O–H groups in total. The number of primary amides is 1. The number of benzene rings is 3. The molecule has 4 rings (SSSR count). The van der Waals surface area contributed by atoms with Crippen LogP contribution in [0.4, 0.5) is 18.9 Å². The Morgan fingerprint density at radius 1 is 0.977 bits per heavy atom. The molecule has 0 saturated carbocycles. The summed E-state index contributed by atoms with van der Waals surface area (Å²) in [6, 6.07) is 19.4. The SMILES string of the molecule is CCC1(CC)CC(c2ccc(C(F)(F)F)cc2)CN1c1ccc(C(=O)NCc2ccc(S(=O)(=O)CC)cc2)cc1.NC=O. The number of anilines is 1. The summed E-state index contributed by atoms with van der Waals surface area (Å²) in [5.41, 5.74) is 6.57. The molecule has 1 saturated heterocycles. The minimum absolute atomic E-state index is 0.0316. The number of nitrogens with one attached hydrogen (secondary N) is 1. The maximum atomic E-state index is 13.0. The van der Waals surface area contributed by atoms with E-state index in [1.807, 2.05) is 12.1 Å². The van der Waals surface area contributed by atoms with E-state index in [9.17, 15) is 26.4 Å². The fraction of sp³-hybridized carbons (Fsp3) is 0.375. The van der Waals surface area contributed by atoms with Crippen LogP contribution in [-0.4, -0.2) is 38.6 Å². The first-order valence-electron chi connectivity index (χ1n) is 14.1. The van der Waals surface area contributed by atoms with Gasteiger partial charge >= 0.3 is 6.18 Å². The molecule has 2 amide bonds. The standard InChI is InChI=1S/C31H35F3N2O3S.CH3NO/c1-4-30(5-2)19-25(23-9-13-26(14-10-23)31(32,33)34)21-36(30)27-15-11-24(12-16-27)29(37)35-20-22-7-17-28(18-8-22)40(38,39)6-3;2-1-3/h7-18,25H,4-6,19-21H2,1-3H3,(H,35,37);1H,(H2,2,3). The third-order valence-corrected chi connectivity index (χ3v) is 9.93. The van der Waals surface area contributed by atoms with Crippen molar-refractivity contribution in [2.24, 2.45) is 5.73 Å². The Labute approximate surface area is 251 Å². The molecule has 0 aromatic heterocycles. The topological polar surface area (TPSA) is 110 Å². The summed E-state index contributed by atoms with van der Waals surface area (Å²) in [6.45, 7) is 6.82. The summed E-state index contributed by atoms with van der Waals surface area (Å²) in [5.74, 6) is -0.105. The van der Waals surface area contributed by atoms with Crippen molar-refractivity contribution in [1.29, 1.82) is 0 Å². The number of carbonyl (C=O) groups is 2. The number of hydrogen-bond acceptors (Lipinski definition) is 5. The summed E-state index contributed by atoms with van der Waals surface area (Å²) in [7, 11) is -3.27. The van der Waals surface area contributed by atoms with Crippen LogP contribution in [0.5, 0.6) is 0 Å². The molecular weight excluding hydrogens is 579 g/mol. The molecule has 0 bridgehead atoms. The third kappa shape index (κ3) is 7.95. The van der Waals surface area contributed by atoms with Gasteiger partial charge in [0.1, 0.15) is 0 Å². The van der Waals surface area contributed by atoms with E-state index < -0.39 is 21.6 Å². The first-order chi connectivity index (χ1) is 20.3. The molecule has 1 heterocycles. The van der Waals surface area contributed by atoms with E-state index in [2.05, 4.69) is 29.8 Å². The first kappa shape index (κ1) is 33.6. The van der Waals surface area contributed by atoms with Crippen molar-refractivity contribution in [2.75, 3.05) is 17.2 Å². The zero-order chi connectivity index (χ0) is 31.8. The molecule has 1 unspecified atom stereocenters. The molecule has 0 spiro atoms. The molecule has 1 aliphatic heterocycles. The predicted molar refractivity (Wildman–Crippen MR) is 161 cm³/mol. The highest BCUT2D eigenvalue weighted by molar-refractivity contribution is 7.91. The number of alkyl halides is 3. The molecule has 11 heteroatoms. The number of hydrogen-bond donors (Lipinski definition) is 2. The highest BCUT2D eigenvalue weighted by Crippen LogP contribution is 2.45. The fourth-order valence-corrected chi connectivity index (χ4v) is 6.46. The minimum Gasteiger partial charge on any atom is -0.372 e. The van der Waals surface area contributed by atoms with Gasteiger partial charge in [-0.1, -0.05) is 45.0 Å². The highest BCUT2D eigenvalue weighted by Gasteiger charge is 2.43. The first-order valence-corrected chi connectivity index (χ1v) is 15.8. The molecule has 7 nitrogen and oxygen atoms in total. The summed E-state index contributed by atoms with van der Waals surface area (Å²) < 4.78 is 63.1. The molecule has 43 heavy (non-hydrogen) atoms. The Morgan fingerprint density at radius 2 is 1.53 bits per heavy atom. The monoisotopic (exact) mass is 617 g/mol. The van der Waals surface area contributed by atoms with Crippen molar-refractivity contribution < 1.29 is 31.2 Å². The molecule has 232 valence electrons. The van der Waals surface area contributed by atoms with Gasteiger partial charge in [0.25, 0.3) is 5.91 Å². The third-order valence-electron chi connectivity index (χ3n) is 8.18. The number of nitrogens with two attached hydrogens (primary N) is 1. The number of sulfone groups is 1. The van der Waals surface area contributed by atoms with Crippen molar-refractivity contribution in [3.63, 3.8) is 0 Å². The maximum Gasteiger partial charge on any atom is 0.416 e. The smallest absolute Gasteiger partial charge is 0.372 e. The fourth-order valence-electron chi connectivity index (χ4n) is 5.57. The van der Waals surface area contributed by atoms with Crippen molar-refractivity contribution in [1.82, 2.24) is 5.32 Å². The molecular formula is C32H38F3N3O4S. The van der Waals surface area contributed by atoms with Gasteiger partial charge in [-0.15, -0.1) is 0 Å². The normalized spacial score (nSPS) is 16.2. The van der Waals surface area contributed by atoms with Crippen LogP contribution in [0.2, 0.25) is 0 Å². The highest BCUT2D eigenvalue weighted by atomic mass is 32.2. The van der Waals surface area contributed by atoms with Crippen LogP contribution < -0.4 is 16.0 Å². The number of rotatable bonds is 9. The van der Waals surface area contributed by atoms with E-state index >= 15 is 0 Å². The second kappa shape index (κ2) is 14.1. The minimum atomic E-state index is -4.35. The van der Waals surface area contributed by atoms with Crippen molar-refractivity contribution in [2.45, 2.75) is 69.1 Å². The molecule has 0 radical (unpaired) electrons. The number of halogens is 3. The lowest BCUT2D eigenvalue weighted by atomic mass is 9.84.